The van der Waals surface area contributed by atoms with Crippen LogP contribution in [0.5, 0.6) is 5.75 Å². The Morgan fingerprint density at radius 3 is 2.46 bits per heavy atom. The van der Waals surface area contributed by atoms with Gasteiger partial charge in [0.1, 0.15) is 36.1 Å². The number of amides is 4. The second-order valence-electron chi connectivity index (χ2n) is 18.2. The molecule has 5 aliphatic rings. The van der Waals surface area contributed by atoms with Crippen LogP contribution < -0.4 is 15.4 Å². The Hall–Kier alpha value is -6.16. The molecule has 16 heteroatoms. The van der Waals surface area contributed by atoms with E-state index in [0.29, 0.717) is 56.9 Å². The number of hydrogen-bond donors (Lipinski definition) is 4. The van der Waals surface area contributed by atoms with Crippen LogP contribution in [0.3, 0.4) is 0 Å². The summed E-state index contributed by atoms with van der Waals surface area (Å²) in [4.78, 5) is 73.6. The van der Waals surface area contributed by atoms with Gasteiger partial charge in [0, 0.05) is 36.8 Å². The van der Waals surface area contributed by atoms with E-state index in [4.69, 9.17) is 28.9 Å². The Balaban J connectivity index is 0.898. The van der Waals surface area contributed by atoms with Crippen LogP contribution in [-0.4, -0.2) is 106 Å². The van der Waals surface area contributed by atoms with Crippen molar-refractivity contribution in [3.8, 4) is 28.1 Å². The zero-order chi connectivity index (χ0) is 43.7. The van der Waals surface area contributed by atoms with Gasteiger partial charge in [-0.3, -0.25) is 9.59 Å². The summed E-state index contributed by atoms with van der Waals surface area (Å²) in [5.74, 6) is 2.57. The Kier molecular flexibility index (Phi) is 10.5. The van der Waals surface area contributed by atoms with Crippen LogP contribution in [0.25, 0.3) is 44.2 Å². The van der Waals surface area contributed by atoms with Crippen LogP contribution >= 0.6 is 0 Å². The summed E-state index contributed by atoms with van der Waals surface area (Å²) in [5, 5.41) is 7.56. The van der Waals surface area contributed by atoms with E-state index in [9.17, 15) is 19.2 Å². The molecule has 7 atom stereocenters. The molecule has 4 amide bonds. The third kappa shape index (κ3) is 7.31. The molecule has 1 saturated carbocycles. The van der Waals surface area contributed by atoms with Gasteiger partial charge in [-0.05, 0) is 109 Å². The fourth-order valence-corrected chi connectivity index (χ4v) is 10.6. The molecule has 4 aliphatic heterocycles. The molecular weight excluding hydrogens is 805 g/mol. The van der Waals surface area contributed by atoms with Crippen molar-refractivity contribution in [3.63, 3.8) is 0 Å². The highest BCUT2D eigenvalue weighted by atomic mass is 16.5. The summed E-state index contributed by atoms with van der Waals surface area (Å²) >= 11 is 0. The first kappa shape index (κ1) is 40.9. The molecule has 4 fully saturated rings. The van der Waals surface area contributed by atoms with Crippen molar-refractivity contribution < 1.29 is 38.1 Å². The Labute approximate surface area is 364 Å². The van der Waals surface area contributed by atoms with Gasteiger partial charge < -0.3 is 49.3 Å². The van der Waals surface area contributed by atoms with Crippen molar-refractivity contribution >= 4 is 45.8 Å². The molecule has 0 spiro atoms. The first-order chi connectivity index (χ1) is 30.5. The van der Waals surface area contributed by atoms with Crippen LogP contribution in [0.2, 0.25) is 0 Å². The number of methoxy groups -OCH3 is 2. The zero-order valence-corrected chi connectivity index (χ0v) is 36.2. The lowest BCUT2D eigenvalue weighted by molar-refractivity contribution is -0.138. The molecule has 3 aromatic carbocycles. The standard InChI is InChI=1S/C47H54N8O8/c1-23(2)38(52-46(58)60-4)45(57)55-24(3)6-11-36(55)42-49-34-10-8-26-17-33-30-9-7-27(16-29(30)22-63-37(33)19-31(26)40(34)51-42)35-20-48-43(50-35)41-32-18-28(32)21-54(41)44(56)39(53-47(59)61-5)25-12-14-62-15-13-25/h7-10,16-17,19-20,23-25,28,32,36,38-39,41H,6,11-15,18,21-22H2,1-5H3,(H,48,50)(H,49,51)(H,52,58)(H,53,59)/t24-,28+,32+,36-,38-,39-,41-/m0/s1. The first-order valence-corrected chi connectivity index (χ1v) is 22.2. The number of carbonyl (C=O) groups excluding carboxylic acids is 4. The lowest BCUT2D eigenvalue weighted by Gasteiger charge is -2.35. The first-order valence-electron chi connectivity index (χ1n) is 22.2. The molecule has 0 radical (unpaired) electrons. The predicted molar refractivity (Wildman–Crippen MR) is 232 cm³/mol. The number of aromatic nitrogens is 4. The van der Waals surface area contributed by atoms with Gasteiger partial charge >= 0.3 is 12.2 Å². The number of alkyl carbamates (subject to hydrolysis) is 2. The molecule has 6 heterocycles. The fourth-order valence-electron chi connectivity index (χ4n) is 10.6. The number of H-pyrrole nitrogens is 2. The van der Waals surface area contributed by atoms with Gasteiger partial charge in [0.2, 0.25) is 11.8 Å². The maximum absolute atomic E-state index is 14.2. The second kappa shape index (κ2) is 16.2. The van der Waals surface area contributed by atoms with Gasteiger partial charge in [-0.1, -0.05) is 32.0 Å². The number of likely N-dealkylation sites (tertiary alicyclic amines) is 2. The highest BCUT2D eigenvalue weighted by Gasteiger charge is 2.57. The summed E-state index contributed by atoms with van der Waals surface area (Å²) < 4.78 is 21.8. The van der Waals surface area contributed by atoms with Gasteiger partial charge in [0.15, 0.2) is 0 Å². The third-order valence-electron chi connectivity index (χ3n) is 14.1. The number of piperidine rings is 1. The fraction of sp³-hybridized carbons (Fsp3) is 0.489. The summed E-state index contributed by atoms with van der Waals surface area (Å²) in [6.07, 6.45) is 4.60. The molecular formula is C47H54N8O8. The molecule has 4 N–H and O–H groups in total. The van der Waals surface area contributed by atoms with E-state index >= 15 is 0 Å². The van der Waals surface area contributed by atoms with Crippen LogP contribution in [0.1, 0.15) is 82.2 Å². The Morgan fingerprint density at radius 1 is 0.889 bits per heavy atom. The molecule has 3 saturated heterocycles. The quantitative estimate of drug-likeness (QED) is 0.123. The Bertz CT molecular complexity index is 2620. The molecule has 10 rings (SSSR count). The van der Waals surface area contributed by atoms with E-state index in [1.807, 2.05) is 42.8 Å². The van der Waals surface area contributed by atoms with Crippen molar-refractivity contribution in [2.75, 3.05) is 34.0 Å². The third-order valence-corrected chi connectivity index (χ3v) is 14.1. The zero-order valence-electron chi connectivity index (χ0n) is 36.2. The van der Waals surface area contributed by atoms with E-state index in [2.05, 4.69) is 57.0 Å². The number of carbonyl (C=O) groups is 4. The van der Waals surface area contributed by atoms with E-state index in [-0.39, 0.29) is 41.8 Å². The molecule has 16 nitrogen and oxygen atoms in total. The minimum atomic E-state index is -0.726. The summed E-state index contributed by atoms with van der Waals surface area (Å²) in [6, 6.07) is 12.8. The number of nitrogens with one attached hydrogen (secondary N) is 4. The number of hydrogen-bond acceptors (Lipinski definition) is 10. The van der Waals surface area contributed by atoms with E-state index in [0.717, 1.165) is 80.6 Å². The maximum atomic E-state index is 14.2. The maximum Gasteiger partial charge on any atom is 0.407 e. The van der Waals surface area contributed by atoms with Gasteiger partial charge in [-0.15, -0.1) is 0 Å². The van der Waals surface area contributed by atoms with Gasteiger partial charge in [-0.25, -0.2) is 19.6 Å². The summed E-state index contributed by atoms with van der Waals surface area (Å²) in [6.45, 7) is 7.99. The minimum absolute atomic E-state index is 0.0261. The average Bonchev–Trinajstić information content (AvgIpc) is 3.73. The van der Waals surface area contributed by atoms with Crippen LogP contribution in [0, 0.1) is 23.7 Å². The number of nitrogens with zero attached hydrogens (tertiary/aromatic N) is 4. The topological polar surface area (TPSA) is 193 Å². The van der Waals surface area contributed by atoms with E-state index < -0.39 is 24.3 Å². The van der Waals surface area contributed by atoms with E-state index in [1.54, 1.807) is 0 Å². The normalized spacial score (nSPS) is 23.7. The number of benzene rings is 3. The molecule has 330 valence electrons. The SMILES string of the molecule is COC(=O)N[C@H](C(=O)N1[C@@H](C)CC[C@H]1c1nc2c(ccc3cc4c(cc32)OCc2cc(-c3cnc([C@@H]5[C@@H]6C[C@@H]6CN5C(=O)[C@@H](NC(=O)OC)C5CCOCC5)[nH]3)ccc2-4)[nH]1)C(C)C. The van der Waals surface area contributed by atoms with Crippen LogP contribution in [0.15, 0.2) is 48.7 Å². The van der Waals surface area contributed by atoms with Crippen molar-refractivity contribution in [1.29, 1.82) is 0 Å². The lowest BCUT2D eigenvalue weighted by Crippen LogP contribution is -2.53. The Morgan fingerprint density at radius 2 is 1.68 bits per heavy atom. The number of ether oxygens (including phenoxy) is 4. The second-order valence-corrected chi connectivity index (χ2v) is 18.2. The number of fused-ring (bicyclic) bond motifs is 7. The van der Waals surface area contributed by atoms with Gasteiger partial charge in [-0.2, -0.15) is 0 Å². The number of aromatic amines is 2. The highest BCUT2D eigenvalue weighted by molar-refractivity contribution is 6.07. The van der Waals surface area contributed by atoms with Crippen LogP contribution in [-0.2, 0) is 30.4 Å². The van der Waals surface area contributed by atoms with Crippen molar-refractivity contribution in [1.82, 2.24) is 40.4 Å². The predicted octanol–water partition coefficient (Wildman–Crippen LogP) is 6.77. The molecule has 0 unspecified atom stereocenters. The highest BCUT2D eigenvalue weighted by Crippen LogP contribution is 2.56. The van der Waals surface area contributed by atoms with Crippen LogP contribution in [0.4, 0.5) is 9.59 Å². The van der Waals surface area contributed by atoms with Gasteiger partial charge in [0.25, 0.3) is 0 Å². The number of imidazole rings is 2. The minimum Gasteiger partial charge on any atom is -0.488 e. The molecule has 2 aromatic heterocycles. The monoisotopic (exact) mass is 858 g/mol. The summed E-state index contributed by atoms with van der Waals surface area (Å²) in [7, 11) is 2.61. The molecule has 1 aliphatic carbocycles. The smallest absolute Gasteiger partial charge is 0.407 e. The van der Waals surface area contributed by atoms with Crippen molar-refractivity contribution in [2.45, 2.75) is 89.7 Å². The van der Waals surface area contributed by atoms with E-state index in [1.165, 1.54) is 14.2 Å². The van der Waals surface area contributed by atoms with Crippen molar-refractivity contribution in [3.05, 3.63) is 65.9 Å². The average molecular weight is 859 g/mol. The van der Waals surface area contributed by atoms with Gasteiger partial charge in [0.05, 0.1) is 49.2 Å². The molecule has 63 heavy (non-hydrogen) atoms. The number of rotatable bonds is 9. The molecule has 0 bridgehead atoms. The lowest BCUT2D eigenvalue weighted by atomic mass is 9.90. The summed E-state index contributed by atoms with van der Waals surface area (Å²) in [5.41, 5.74) is 6.64. The van der Waals surface area contributed by atoms with Crippen molar-refractivity contribution in [2.24, 2.45) is 23.7 Å². The largest absolute Gasteiger partial charge is 0.488 e. The molecule has 5 aromatic rings.